The van der Waals surface area contributed by atoms with E-state index in [-0.39, 0.29) is 11.8 Å². The van der Waals surface area contributed by atoms with Crippen LogP contribution in [0.4, 0.5) is 5.69 Å². The standard InChI is InChI=1S/C16H16N2O/c1-11-6-7-16(19)15(8-11)12(2)18-14-5-3-4-13(9-14)10-17/h3-9,12,18-19H,1-2H3. The van der Waals surface area contributed by atoms with Crippen LogP contribution in [0.2, 0.25) is 0 Å². The fourth-order valence-electron chi connectivity index (χ4n) is 2.03. The Balaban J connectivity index is 2.23. The van der Waals surface area contributed by atoms with Gasteiger partial charge < -0.3 is 10.4 Å². The lowest BCUT2D eigenvalue weighted by Gasteiger charge is -2.17. The lowest BCUT2D eigenvalue weighted by molar-refractivity contribution is 0.465. The van der Waals surface area contributed by atoms with Gasteiger partial charge in [0, 0.05) is 11.3 Å². The average Bonchev–Trinajstić information content (AvgIpc) is 2.41. The maximum absolute atomic E-state index is 9.89. The molecule has 0 bridgehead atoms. The van der Waals surface area contributed by atoms with E-state index >= 15 is 0 Å². The summed E-state index contributed by atoms with van der Waals surface area (Å²) in [6, 6.07) is 14.9. The summed E-state index contributed by atoms with van der Waals surface area (Å²) in [6.07, 6.45) is 0. The third-order valence-electron chi connectivity index (χ3n) is 3.02. The molecule has 1 unspecified atom stereocenters. The number of hydrogen-bond donors (Lipinski definition) is 2. The van der Waals surface area contributed by atoms with Crippen molar-refractivity contribution in [2.24, 2.45) is 0 Å². The van der Waals surface area contributed by atoms with E-state index in [0.29, 0.717) is 5.56 Å². The molecular weight excluding hydrogens is 236 g/mol. The molecule has 2 aromatic carbocycles. The van der Waals surface area contributed by atoms with Gasteiger partial charge in [0.2, 0.25) is 0 Å². The molecule has 0 saturated heterocycles. The number of aromatic hydroxyl groups is 1. The minimum absolute atomic E-state index is 0.0335. The molecule has 0 aromatic heterocycles. The zero-order chi connectivity index (χ0) is 13.8. The Kier molecular flexibility index (Phi) is 3.72. The predicted molar refractivity (Wildman–Crippen MR) is 76.0 cm³/mol. The van der Waals surface area contributed by atoms with Crippen LogP contribution in [0.1, 0.15) is 29.7 Å². The average molecular weight is 252 g/mol. The van der Waals surface area contributed by atoms with Crippen molar-refractivity contribution >= 4 is 5.69 Å². The minimum atomic E-state index is -0.0335. The first-order chi connectivity index (χ1) is 9.10. The third kappa shape index (κ3) is 3.05. The van der Waals surface area contributed by atoms with Gasteiger partial charge in [-0.15, -0.1) is 0 Å². The van der Waals surface area contributed by atoms with Crippen molar-refractivity contribution in [1.82, 2.24) is 0 Å². The molecule has 19 heavy (non-hydrogen) atoms. The second-order valence-electron chi connectivity index (χ2n) is 4.62. The molecule has 0 saturated carbocycles. The van der Waals surface area contributed by atoms with Gasteiger partial charge in [0.15, 0.2) is 0 Å². The zero-order valence-corrected chi connectivity index (χ0v) is 11.0. The Hall–Kier alpha value is -2.47. The first-order valence-electron chi connectivity index (χ1n) is 6.16. The number of nitrogens with one attached hydrogen (secondary N) is 1. The van der Waals surface area contributed by atoms with Gasteiger partial charge in [-0.2, -0.15) is 5.26 Å². The summed E-state index contributed by atoms with van der Waals surface area (Å²) in [5.41, 5.74) is 3.44. The highest BCUT2D eigenvalue weighted by Crippen LogP contribution is 2.27. The third-order valence-corrected chi connectivity index (χ3v) is 3.02. The van der Waals surface area contributed by atoms with Gasteiger partial charge in [-0.25, -0.2) is 0 Å². The van der Waals surface area contributed by atoms with Crippen molar-refractivity contribution in [2.45, 2.75) is 19.9 Å². The highest BCUT2D eigenvalue weighted by Gasteiger charge is 2.10. The fourth-order valence-corrected chi connectivity index (χ4v) is 2.03. The lowest BCUT2D eigenvalue weighted by Crippen LogP contribution is -2.07. The molecule has 0 aliphatic carbocycles. The summed E-state index contributed by atoms with van der Waals surface area (Å²) in [4.78, 5) is 0. The molecule has 3 heteroatoms. The van der Waals surface area contributed by atoms with Crippen molar-refractivity contribution in [3.8, 4) is 11.8 Å². The summed E-state index contributed by atoms with van der Waals surface area (Å²) in [5.74, 6) is 0.280. The van der Waals surface area contributed by atoms with Crippen LogP contribution < -0.4 is 5.32 Å². The number of aryl methyl sites for hydroxylation is 1. The molecule has 2 rings (SSSR count). The first kappa shape index (κ1) is 13.0. The number of anilines is 1. The van der Waals surface area contributed by atoms with Crippen molar-refractivity contribution in [3.05, 3.63) is 59.2 Å². The Morgan fingerprint density at radius 1 is 1.21 bits per heavy atom. The molecule has 0 aliphatic rings. The van der Waals surface area contributed by atoms with E-state index < -0.39 is 0 Å². The SMILES string of the molecule is Cc1ccc(O)c(C(C)Nc2cccc(C#N)c2)c1. The molecule has 0 radical (unpaired) electrons. The minimum Gasteiger partial charge on any atom is -0.508 e. The van der Waals surface area contributed by atoms with E-state index in [4.69, 9.17) is 5.26 Å². The molecule has 0 fully saturated rings. The van der Waals surface area contributed by atoms with Gasteiger partial charge in [0.25, 0.3) is 0 Å². The van der Waals surface area contributed by atoms with E-state index in [1.165, 1.54) is 0 Å². The Morgan fingerprint density at radius 2 is 2.00 bits per heavy atom. The second-order valence-corrected chi connectivity index (χ2v) is 4.62. The first-order valence-corrected chi connectivity index (χ1v) is 6.16. The molecule has 2 N–H and O–H groups in total. The van der Waals surface area contributed by atoms with Crippen molar-refractivity contribution in [3.63, 3.8) is 0 Å². The molecule has 96 valence electrons. The topological polar surface area (TPSA) is 56.0 Å². The highest BCUT2D eigenvalue weighted by molar-refractivity contribution is 5.51. The Bertz CT molecular complexity index is 629. The number of nitriles is 1. The number of nitrogens with zero attached hydrogens (tertiary/aromatic N) is 1. The molecule has 2 aromatic rings. The normalized spacial score (nSPS) is 11.6. The van der Waals surface area contributed by atoms with Crippen LogP contribution in [-0.4, -0.2) is 5.11 Å². The van der Waals surface area contributed by atoms with Gasteiger partial charge in [0.05, 0.1) is 17.7 Å². The number of rotatable bonds is 3. The molecular formula is C16H16N2O. The zero-order valence-electron chi connectivity index (χ0n) is 11.0. The van der Waals surface area contributed by atoms with Gasteiger partial charge >= 0.3 is 0 Å². The van der Waals surface area contributed by atoms with Gasteiger partial charge in [-0.05, 0) is 38.1 Å². The van der Waals surface area contributed by atoms with E-state index in [2.05, 4.69) is 11.4 Å². The summed E-state index contributed by atoms with van der Waals surface area (Å²) in [7, 11) is 0. The van der Waals surface area contributed by atoms with Crippen molar-refractivity contribution < 1.29 is 5.11 Å². The van der Waals surface area contributed by atoms with Crippen LogP contribution in [0, 0.1) is 18.3 Å². The van der Waals surface area contributed by atoms with Gasteiger partial charge in [-0.3, -0.25) is 0 Å². The van der Waals surface area contributed by atoms with E-state index in [1.54, 1.807) is 18.2 Å². The summed E-state index contributed by atoms with van der Waals surface area (Å²) >= 11 is 0. The molecule has 0 spiro atoms. The smallest absolute Gasteiger partial charge is 0.120 e. The van der Waals surface area contributed by atoms with E-state index in [0.717, 1.165) is 16.8 Å². The maximum atomic E-state index is 9.89. The van der Waals surface area contributed by atoms with Crippen LogP contribution in [0.15, 0.2) is 42.5 Å². The monoisotopic (exact) mass is 252 g/mol. The van der Waals surface area contributed by atoms with Gasteiger partial charge in [0.1, 0.15) is 5.75 Å². The Morgan fingerprint density at radius 3 is 2.74 bits per heavy atom. The number of phenolic OH excluding ortho intramolecular Hbond substituents is 1. The summed E-state index contributed by atoms with van der Waals surface area (Å²) < 4.78 is 0. The van der Waals surface area contributed by atoms with Crippen LogP contribution in [-0.2, 0) is 0 Å². The van der Waals surface area contributed by atoms with Crippen molar-refractivity contribution in [2.75, 3.05) is 5.32 Å². The molecule has 3 nitrogen and oxygen atoms in total. The molecule has 1 atom stereocenters. The number of hydrogen-bond acceptors (Lipinski definition) is 3. The maximum Gasteiger partial charge on any atom is 0.120 e. The number of phenols is 1. The summed E-state index contributed by atoms with van der Waals surface area (Å²) in [5, 5.41) is 22.1. The lowest BCUT2D eigenvalue weighted by atomic mass is 10.0. The molecule has 0 aliphatic heterocycles. The van der Waals surface area contributed by atoms with Crippen molar-refractivity contribution in [1.29, 1.82) is 5.26 Å². The van der Waals surface area contributed by atoms with E-state index in [9.17, 15) is 5.11 Å². The van der Waals surface area contributed by atoms with Gasteiger partial charge in [-0.1, -0.05) is 23.8 Å². The fraction of sp³-hybridized carbons (Fsp3) is 0.188. The van der Waals surface area contributed by atoms with E-state index in [1.807, 2.05) is 38.1 Å². The molecule has 0 amide bonds. The number of benzene rings is 2. The molecule has 0 heterocycles. The predicted octanol–water partition coefficient (Wildman–Crippen LogP) is 3.75. The van der Waals surface area contributed by atoms with Crippen LogP contribution in [0.5, 0.6) is 5.75 Å². The quantitative estimate of drug-likeness (QED) is 0.874. The Labute approximate surface area is 113 Å². The second kappa shape index (κ2) is 5.45. The van der Waals surface area contributed by atoms with Crippen LogP contribution in [0.3, 0.4) is 0 Å². The summed E-state index contributed by atoms with van der Waals surface area (Å²) in [6.45, 7) is 3.97. The van der Waals surface area contributed by atoms with Crippen LogP contribution in [0.25, 0.3) is 0 Å². The van der Waals surface area contributed by atoms with Crippen LogP contribution >= 0.6 is 0 Å². The largest absolute Gasteiger partial charge is 0.508 e. The highest BCUT2D eigenvalue weighted by atomic mass is 16.3.